The average Bonchev–Trinajstić information content (AvgIpc) is 2.59. The molecule has 0 amide bonds. The highest BCUT2D eigenvalue weighted by Crippen LogP contribution is 2.12. The van der Waals surface area contributed by atoms with E-state index in [0.29, 0.717) is 11.8 Å². The Morgan fingerprint density at radius 2 is 1.92 bits per heavy atom. The van der Waals surface area contributed by atoms with Crippen molar-refractivity contribution in [2.75, 3.05) is 20.1 Å². The molecule has 0 radical (unpaired) electrons. The maximum atomic E-state index is 4.37. The molecule has 144 valence electrons. The lowest BCUT2D eigenvalue weighted by Crippen LogP contribution is -2.18. The van der Waals surface area contributed by atoms with Crippen molar-refractivity contribution in [3.63, 3.8) is 0 Å². The van der Waals surface area contributed by atoms with Crippen molar-refractivity contribution in [2.24, 2.45) is 15.9 Å². The van der Waals surface area contributed by atoms with Crippen molar-refractivity contribution in [1.82, 2.24) is 15.3 Å². The summed E-state index contributed by atoms with van der Waals surface area (Å²) in [4.78, 5) is 16.9. The van der Waals surface area contributed by atoms with Crippen molar-refractivity contribution in [3.8, 4) is 0 Å². The Morgan fingerprint density at radius 1 is 1.27 bits per heavy atom. The van der Waals surface area contributed by atoms with Crippen LogP contribution in [-0.4, -0.2) is 42.5 Å². The number of hydrogen-bond donors (Lipinski definition) is 1. The number of aliphatic imine (C=N–C) groups is 2. The van der Waals surface area contributed by atoms with E-state index in [2.05, 4.69) is 66.3 Å². The first-order valence-corrected chi connectivity index (χ1v) is 9.13. The molecular formula is C21H35N5. The largest absolute Gasteiger partial charge is 0.314 e. The van der Waals surface area contributed by atoms with E-state index in [1.54, 1.807) is 6.08 Å². The van der Waals surface area contributed by atoms with Gasteiger partial charge in [-0.25, -0.2) is 9.97 Å². The molecule has 1 N–H and O–H groups in total. The van der Waals surface area contributed by atoms with Crippen LogP contribution >= 0.6 is 0 Å². The van der Waals surface area contributed by atoms with Crippen molar-refractivity contribution in [3.05, 3.63) is 41.6 Å². The van der Waals surface area contributed by atoms with Gasteiger partial charge in [-0.1, -0.05) is 34.3 Å². The molecule has 5 nitrogen and oxygen atoms in total. The smallest absolute Gasteiger partial charge is 0.126 e. The number of nitrogens with one attached hydrogen (secondary N) is 1. The Bertz CT molecular complexity index is 627. The summed E-state index contributed by atoms with van der Waals surface area (Å²) in [7, 11) is 1.91. The van der Waals surface area contributed by atoms with E-state index in [-0.39, 0.29) is 0 Å². The van der Waals surface area contributed by atoms with Crippen LogP contribution in [0.2, 0.25) is 0 Å². The van der Waals surface area contributed by atoms with Crippen LogP contribution in [0.5, 0.6) is 0 Å². The fourth-order valence-corrected chi connectivity index (χ4v) is 2.12. The molecule has 0 aliphatic heterocycles. The number of allylic oxidation sites excluding steroid dienone is 1. The molecule has 0 saturated heterocycles. The molecule has 0 fully saturated rings. The summed E-state index contributed by atoms with van der Waals surface area (Å²) in [5, 5.41) is 3.08. The molecule has 0 saturated carbocycles. The average molecular weight is 358 g/mol. The van der Waals surface area contributed by atoms with Gasteiger partial charge >= 0.3 is 0 Å². The van der Waals surface area contributed by atoms with Crippen molar-refractivity contribution in [1.29, 1.82) is 0 Å². The maximum Gasteiger partial charge on any atom is 0.126 e. The maximum absolute atomic E-state index is 4.37. The van der Waals surface area contributed by atoms with Crippen LogP contribution in [-0.2, 0) is 0 Å². The minimum Gasteiger partial charge on any atom is -0.314 e. The van der Waals surface area contributed by atoms with Gasteiger partial charge in [0.05, 0.1) is 11.4 Å². The van der Waals surface area contributed by atoms with Crippen molar-refractivity contribution in [2.45, 2.75) is 47.5 Å². The Kier molecular flexibility index (Phi) is 12.0. The molecule has 0 aliphatic rings. The van der Waals surface area contributed by atoms with Crippen LogP contribution in [0.4, 0.5) is 0 Å². The number of rotatable bonds is 8. The second-order valence-corrected chi connectivity index (χ2v) is 6.50. The Balaban J connectivity index is 0.000000485. The lowest BCUT2D eigenvalue weighted by atomic mass is 10.1. The summed E-state index contributed by atoms with van der Waals surface area (Å²) in [6, 6.07) is 1.98. The second-order valence-electron chi connectivity index (χ2n) is 6.50. The zero-order chi connectivity index (χ0) is 20.1. The highest BCUT2D eigenvalue weighted by atomic mass is 14.9. The summed E-state index contributed by atoms with van der Waals surface area (Å²) in [5.41, 5.74) is 4.02. The zero-order valence-electron chi connectivity index (χ0n) is 17.5. The molecular weight excluding hydrogens is 322 g/mol. The van der Waals surface area contributed by atoms with E-state index < -0.39 is 0 Å². The molecule has 1 heterocycles. The van der Waals surface area contributed by atoms with E-state index in [4.69, 9.17) is 0 Å². The quantitative estimate of drug-likeness (QED) is 0.699. The third kappa shape index (κ3) is 9.37. The van der Waals surface area contributed by atoms with Gasteiger partial charge in [0.25, 0.3) is 0 Å². The molecule has 0 aliphatic carbocycles. The van der Waals surface area contributed by atoms with Gasteiger partial charge in [-0.15, -0.1) is 0 Å². The fraction of sp³-hybridized carbons (Fsp3) is 0.524. The molecule has 5 heteroatoms. The number of hydrogen-bond acceptors (Lipinski definition) is 5. The third-order valence-electron chi connectivity index (χ3n) is 3.49. The number of aromatic nitrogens is 2. The molecule has 0 atom stereocenters. The second kappa shape index (κ2) is 13.1. The molecule has 0 unspecified atom stereocenters. The Labute approximate surface area is 159 Å². The number of nitrogens with zero attached hydrogens (tertiary/aromatic N) is 4. The molecule has 1 aromatic heterocycles. The minimum atomic E-state index is 0.395. The lowest BCUT2D eigenvalue weighted by Gasteiger charge is -2.06. The standard InChI is InChI=1S/C11H21N3.C10H14N2/c1-6-14-10(8-12-4)7-11(13-5)9(2)3;1-5-9-6-10(7(2)3)12-8(4)11-9/h7,9,12H,5-6,8H2,1-4H3;5-7H,1H2,2-4H3/b11-7-,14-10?;. The highest BCUT2D eigenvalue weighted by molar-refractivity contribution is 5.97. The molecule has 0 bridgehead atoms. The SMILES string of the molecule is C=Cc1cc(C(C)C)nc(C)n1.C=N/C(=C\C(CNC)=NCC)C(C)C. The molecule has 1 rings (SSSR count). The highest BCUT2D eigenvalue weighted by Gasteiger charge is 2.03. The van der Waals surface area contributed by atoms with Crippen LogP contribution in [0, 0.1) is 12.8 Å². The van der Waals surface area contributed by atoms with Gasteiger partial charge in [0.15, 0.2) is 0 Å². The van der Waals surface area contributed by atoms with Crippen LogP contribution in [0.25, 0.3) is 6.08 Å². The van der Waals surface area contributed by atoms with Gasteiger partial charge in [0.2, 0.25) is 0 Å². The van der Waals surface area contributed by atoms with E-state index in [1.165, 1.54) is 0 Å². The van der Waals surface area contributed by atoms with E-state index >= 15 is 0 Å². The van der Waals surface area contributed by atoms with Crippen LogP contribution in [0.15, 0.2) is 34.4 Å². The Hall–Kier alpha value is -2.14. The summed E-state index contributed by atoms with van der Waals surface area (Å²) >= 11 is 0. The monoisotopic (exact) mass is 357 g/mol. The molecule has 26 heavy (non-hydrogen) atoms. The van der Waals surface area contributed by atoms with E-state index in [9.17, 15) is 0 Å². The lowest BCUT2D eigenvalue weighted by molar-refractivity contribution is 0.760. The molecule has 1 aromatic rings. The van der Waals surface area contributed by atoms with Crippen molar-refractivity contribution >= 4 is 18.5 Å². The first-order valence-electron chi connectivity index (χ1n) is 9.13. The normalized spacial score (nSPS) is 12.0. The first kappa shape index (κ1) is 23.9. The van der Waals surface area contributed by atoms with E-state index in [0.717, 1.165) is 41.7 Å². The zero-order valence-corrected chi connectivity index (χ0v) is 17.5. The summed E-state index contributed by atoms with van der Waals surface area (Å²) < 4.78 is 0. The Morgan fingerprint density at radius 3 is 2.35 bits per heavy atom. The van der Waals surface area contributed by atoms with Crippen LogP contribution in [0.3, 0.4) is 0 Å². The number of aryl methyl sites for hydroxylation is 1. The summed E-state index contributed by atoms with van der Waals surface area (Å²) in [5.74, 6) is 1.66. The molecule has 0 aromatic carbocycles. The van der Waals surface area contributed by atoms with Gasteiger partial charge in [0.1, 0.15) is 5.82 Å². The minimum absolute atomic E-state index is 0.395. The van der Waals surface area contributed by atoms with Gasteiger partial charge in [-0.05, 0) is 57.7 Å². The van der Waals surface area contributed by atoms with Gasteiger partial charge in [-0.3, -0.25) is 9.98 Å². The van der Waals surface area contributed by atoms with Gasteiger partial charge in [-0.2, -0.15) is 0 Å². The van der Waals surface area contributed by atoms with Gasteiger partial charge < -0.3 is 5.32 Å². The topological polar surface area (TPSA) is 62.5 Å². The molecule has 0 spiro atoms. The van der Waals surface area contributed by atoms with Crippen molar-refractivity contribution < 1.29 is 0 Å². The van der Waals surface area contributed by atoms with Gasteiger partial charge in [0, 0.05) is 24.5 Å². The summed E-state index contributed by atoms with van der Waals surface area (Å²) in [6.45, 7) is 21.2. The fourth-order valence-electron chi connectivity index (χ4n) is 2.12. The first-order chi connectivity index (χ1) is 12.3. The third-order valence-corrected chi connectivity index (χ3v) is 3.49. The van der Waals surface area contributed by atoms with Crippen LogP contribution in [0.1, 0.15) is 57.7 Å². The van der Waals surface area contributed by atoms with Crippen LogP contribution < -0.4 is 5.32 Å². The predicted octanol–water partition coefficient (Wildman–Crippen LogP) is 4.46. The van der Waals surface area contributed by atoms with E-state index in [1.807, 2.05) is 33.0 Å². The summed E-state index contributed by atoms with van der Waals surface area (Å²) in [6.07, 6.45) is 3.76. The predicted molar refractivity (Wildman–Crippen MR) is 115 cm³/mol.